The van der Waals surface area contributed by atoms with Crippen molar-refractivity contribution in [1.82, 2.24) is 0 Å². The molecule has 0 N–H and O–H groups in total. The molecule has 0 saturated carbocycles. The Morgan fingerprint density at radius 1 is 0.253 bits per heavy atom. The van der Waals surface area contributed by atoms with Gasteiger partial charge in [-0.05, 0) is 166 Å². The Morgan fingerprint density at radius 2 is 0.640 bits per heavy atom. The second-order valence-corrected chi connectivity index (χ2v) is 19.8. The number of hydrogen-bond donors (Lipinski definition) is 0. The summed E-state index contributed by atoms with van der Waals surface area (Å²) < 4.78 is 19.9. The quantitative estimate of drug-likeness (QED) is 0.152. The van der Waals surface area contributed by atoms with E-state index in [1.165, 1.54) is 10.8 Å². The molecule has 0 saturated heterocycles. The third-order valence-corrected chi connectivity index (χ3v) is 15.2. The molecule has 0 aliphatic heterocycles. The number of benzene rings is 12. The van der Waals surface area contributed by atoms with E-state index in [-0.39, 0.29) is 0 Å². The van der Waals surface area contributed by atoms with Crippen molar-refractivity contribution >= 4 is 121 Å². The summed E-state index contributed by atoms with van der Waals surface area (Å²) >= 11 is 0. The van der Waals surface area contributed by atoms with Crippen molar-refractivity contribution in [3.8, 4) is 22.3 Å². The van der Waals surface area contributed by atoms with Gasteiger partial charge < -0.3 is 23.1 Å². The molecule has 0 aliphatic carbocycles. The summed E-state index contributed by atoms with van der Waals surface area (Å²) in [5, 5.41) is 11.3. The smallest absolute Gasteiger partial charge is 0.159 e. The molecule has 0 bridgehead atoms. The predicted molar refractivity (Wildman–Crippen MR) is 313 cm³/mol. The minimum Gasteiger partial charge on any atom is -0.456 e. The van der Waals surface area contributed by atoms with Crippen LogP contribution < -0.4 is 9.80 Å². The molecule has 3 heterocycles. The van der Waals surface area contributed by atoms with Crippen LogP contribution in [0.4, 0.5) is 34.1 Å². The van der Waals surface area contributed by atoms with Gasteiger partial charge in [-0.3, -0.25) is 0 Å². The lowest BCUT2D eigenvalue weighted by atomic mass is 9.98. The van der Waals surface area contributed by atoms with Gasteiger partial charge in [0, 0.05) is 55.1 Å². The van der Waals surface area contributed by atoms with E-state index in [0.29, 0.717) is 0 Å². The molecule has 5 heteroatoms. The molecule has 0 radical (unpaired) electrons. The highest BCUT2D eigenvalue weighted by Crippen LogP contribution is 2.47. The molecule has 15 aromatic rings. The number of hydrogen-bond acceptors (Lipinski definition) is 5. The van der Waals surface area contributed by atoms with Gasteiger partial charge >= 0.3 is 0 Å². The first-order valence-electron chi connectivity index (χ1n) is 25.5. The molecule has 354 valence electrons. The van der Waals surface area contributed by atoms with Crippen LogP contribution in [0.5, 0.6) is 0 Å². The maximum atomic E-state index is 6.70. The van der Waals surface area contributed by atoms with E-state index in [1.54, 1.807) is 0 Å². The standard InChI is InChI=1S/C70H46N2O3/c1-43-21-35-59-57-17-9-11-19-63(57)74-69(59)67(43)71(53-13-5-3-6-14-53)55-31-27-45(28-32-55)47-23-25-49-39-61-62-40-50-26-24-48(38-52(50)42-66(62)73-65(61)41-51(49)37-47)46-29-33-56(34-30-46)72(54-15-7-4-8-16-54)68-44(2)22-36-60-58-18-10-12-20-64(58)75-70(60)68/h3-42H,1-2H3. The van der Waals surface area contributed by atoms with Gasteiger partial charge in [0.15, 0.2) is 11.2 Å². The van der Waals surface area contributed by atoms with Gasteiger partial charge in [0.25, 0.3) is 0 Å². The third kappa shape index (κ3) is 7.00. The van der Waals surface area contributed by atoms with Crippen LogP contribution in [-0.2, 0) is 0 Å². The van der Waals surface area contributed by atoms with Crippen molar-refractivity contribution in [2.45, 2.75) is 13.8 Å². The van der Waals surface area contributed by atoms with Crippen LogP contribution in [0.15, 0.2) is 256 Å². The van der Waals surface area contributed by atoms with Gasteiger partial charge in [-0.25, -0.2) is 0 Å². The van der Waals surface area contributed by atoms with Crippen LogP contribution in [0.25, 0.3) is 110 Å². The summed E-state index contributed by atoms with van der Waals surface area (Å²) in [6.45, 7) is 4.32. The highest BCUT2D eigenvalue weighted by atomic mass is 16.3. The molecule has 5 nitrogen and oxygen atoms in total. The molecule has 0 unspecified atom stereocenters. The van der Waals surface area contributed by atoms with E-state index in [9.17, 15) is 0 Å². The first kappa shape index (κ1) is 42.8. The van der Waals surface area contributed by atoms with Gasteiger partial charge in [-0.2, -0.15) is 0 Å². The van der Waals surface area contributed by atoms with Crippen LogP contribution in [0.3, 0.4) is 0 Å². The monoisotopic (exact) mass is 962 g/mol. The molecule has 3 aromatic heterocycles. The van der Waals surface area contributed by atoms with Crippen molar-refractivity contribution < 1.29 is 13.3 Å². The van der Waals surface area contributed by atoms with Crippen LogP contribution in [0, 0.1) is 13.8 Å². The van der Waals surface area contributed by atoms with Crippen molar-refractivity contribution in [3.63, 3.8) is 0 Å². The van der Waals surface area contributed by atoms with E-state index in [4.69, 9.17) is 13.3 Å². The van der Waals surface area contributed by atoms with E-state index >= 15 is 0 Å². The fourth-order valence-electron chi connectivity index (χ4n) is 11.5. The van der Waals surface area contributed by atoms with Gasteiger partial charge in [0.05, 0.1) is 11.4 Å². The molecule has 0 amide bonds. The second kappa shape index (κ2) is 16.9. The first-order valence-corrected chi connectivity index (χ1v) is 25.5. The van der Waals surface area contributed by atoms with E-state index < -0.39 is 0 Å². The topological polar surface area (TPSA) is 45.9 Å². The van der Waals surface area contributed by atoms with Crippen molar-refractivity contribution in [2.24, 2.45) is 0 Å². The van der Waals surface area contributed by atoms with E-state index in [1.807, 2.05) is 24.3 Å². The average Bonchev–Trinajstić information content (AvgIpc) is 4.16. The average molecular weight is 963 g/mol. The predicted octanol–water partition coefficient (Wildman–Crippen LogP) is 20.6. The van der Waals surface area contributed by atoms with Crippen LogP contribution in [-0.4, -0.2) is 0 Å². The lowest BCUT2D eigenvalue weighted by Crippen LogP contribution is -2.11. The molecule has 0 aliphatic rings. The molecule has 12 aromatic carbocycles. The van der Waals surface area contributed by atoms with Crippen LogP contribution >= 0.6 is 0 Å². The van der Waals surface area contributed by atoms with Gasteiger partial charge in [0.1, 0.15) is 22.3 Å². The Bertz CT molecular complexity index is 4420. The summed E-state index contributed by atoms with van der Waals surface area (Å²) in [6, 6.07) is 86.6. The fourth-order valence-corrected chi connectivity index (χ4v) is 11.5. The van der Waals surface area contributed by atoms with E-state index in [2.05, 4.69) is 242 Å². The van der Waals surface area contributed by atoms with Crippen molar-refractivity contribution in [3.05, 3.63) is 254 Å². The zero-order valence-electron chi connectivity index (χ0n) is 41.2. The van der Waals surface area contributed by atoms with Crippen LogP contribution in [0.2, 0.25) is 0 Å². The summed E-state index contributed by atoms with van der Waals surface area (Å²) in [6.07, 6.45) is 0. The van der Waals surface area contributed by atoms with E-state index in [0.717, 1.165) is 144 Å². The Hall–Kier alpha value is -9.84. The fraction of sp³-hybridized carbons (Fsp3) is 0.0286. The highest BCUT2D eigenvalue weighted by molar-refractivity contribution is 6.15. The number of aryl methyl sites for hydroxylation is 2. The molecule has 15 rings (SSSR count). The largest absolute Gasteiger partial charge is 0.456 e. The Kier molecular flexibility index (Phi) is 9.63. The lowest BCUT2D eigenvalue weighted by molar-refractivity contribution is 0.668. The molecular formula is C70H46N2O3. The SMILES string of the molecule is Cc1ccc2c(oc3ccccc32)c1N(c1ccccc1)c1ccc(-c2ccc3cc4c(cc3c2)oc2cc3cc(-c5ccc(N(c6ccccc6)c6c(C)ccc7c6oc6ccccc67)cc5)ccc3cc24)cc1. The molecule has 75 heavy (non-hydrogen) atoms. The number of nitrogens with zero attached hydrogens (tertiary/aromatic N) is 2. The van der Waals surface area contributed by atoms with Crippen molar-refractivity contribution in [1.29, 1.82) is 0 Å². The summed E-state index contributed by atoms with van der Waals surface area (Å²) in [5.74, 6) is 0. The lowest BCUT2D eigenvalue weighted by Gasteiger charge is -2.27. The maximum absolute atomic E-state index is 6.70. The zero-order valence-corrected chi connectivity index (χ0v) is 41.2. The van der Waals surface area contributed by atoms with Gasteiger partial charge in [-0.15, -0.1) is 0 Å². The number of fused-ring (bicyclic) bond motifs is 11. The van der Waals surface area contributed by atoms with Crippen LogP contribution in [0.1, 0.15) is 11.1 Å². The molecular weight excluding hydrogens is 917 g/mol. The maximum Gasteiger partial charge on any atom is 0.159 e. The van der Waals surface area contributed by atoms with Gasteiger partial charge in [0.2, 0.25) is 0 Å². The van der Waals surface area contributed by atoms with Gasteiger partial charge in [-0.1, -0.05) is 146 Å². The molecule has 0 spiro atoms. The number of para-hydroxylation sites is 4. The zero-order chi connectivity index (χ0) is 49.7. The Balaban J connectivity index is 0.748. The summed E-state index contributed by atoms with van der Waals surface area (Å²) in [7, 11) is 0. The normalized spacial score (nSPS) is 11.9. The molecule has 0 atom stereocenters. The molecule has 0 fully saturated rings. The summed E-state index contributed by atoms with van der Waals surface area (Å²) in [4.78, 5) is 4.63. The minimum absolute atomic E-state index is 0.876. The van der Waals surface area contributed by atoms with Crippen molar-refractivity contribution in [2.75, 3.05) is 9.80 Å². The number of furan rings is 3. The Morgan fingerprint density at radius 3 is 1.08 bits per heavy atom. The second-order valence-electron chi connectivity index (χ2n) is 19.8. The number of anilines is 6. The third-order valence-electron chi connectivity index (χ3n) is 15.2. The Labute approximate surface area is 432 Å². The summed E-state index contributed by atoms with van der Waals surface area (Å²) in [5.41, 5.74) is 18.4. The number of rotatable bonds is 8. The highest BCUT2D eigenvalue weighted by Gasteiger charge is 2.24. The minimum atomic E-state index is 0.876. The first-order chi connectivity index (χ1) is 37.0.